The molecule has 0 aliphatic rings. The van der Waals surface area contributed by atoms with Crippen LogP contribution in [0.3, 0.4) is 0 Å². The highest BCUT2D eigenvalue weighted by molar-refractivity contribution is 9.10. The molecular formula is C10H18Br2O4. The molecule has 0 amide bonds. The van der Waals surface area contributed by atoms with Gasteiger partial charge < -0.3 is 10.2 Å². The lowest BCUT2D eigenvalue weighted by Crippen LogP contribution is -2.22. The molecule has 16 heavy (non-hydrogen) atoms. The minimum atomic E-state index is -0.840. The quantitative estimate of drug-likeness (QED) is 0.584. The fourth-order valence-corrected chi connectivity index (χ4v) is 0. The van der Waals surface area contributed by atoms with E-state index in [-0.39, 0.29) is 0 Å². The molecule has 0 aliphatic carbocycles. The second-order valence-corrected chi connectivity index (χ2v) is 7.52. The Hall–Kier alpha value is -0.360. The Labute approximate surface area is 113 Å². The van der Waals surface area contributed by atoms with E-state index in [0.29, 0.717) is 0 Å². The summed E-state index contributed by atoms with van der Waals surface area (Å²) in [5.74, 6) is -1.68. The fourth-order valence-electron chi connectivity index (χ4n) is 0. The van der Waals surface area contributed by atoms with Crippen molar-refractivity contribution < 1.29 is 19.8 Å². The second kappa shape index (κ2) is 8.75. The molecule has 6 heteroatoms. The monoisotopic (exact) mass is 360 g/mol. The Bertz CT molecular complexity index is 202. The van der Waals surface area contributed by atoms with Crippen molar-refractivity contribution in [2.24, 2.45) is 0 Å². The highest BCUT2D eigenvalue weighted by Crippen LogP contribution is 2.14. The maximum Gasteiger partial charge on any atom is 0.319 e. The van der Waals surface area contributed by atoms with Crippen molar-refractivity contribution in [2.75, 3.05) is 0 Å². The van der Waals surface area contributed by atoms with Crippen LogP contribution in [0.5, 0.6) is 0 Å². The molecule has 0 aromatic carbocycles. The van der Waals surface area contributed by atoms with Crippen LogP contribution in [0.25, 0.3) is 0 Å². The van der Waals surface area contributed by atoms with Gasteiger partial charge in [0, 0.05) is 0 Å². The lowest BCUT2D eigenvalue weighted by Gasteiger charge is -2.06. The zero-order chi connectivity index (χ0) is 14.2. The molecule has 0 heterocycles. The topological polar surface area (TPSA) is 74.6 Å². The molecule has 0 aromatic rings. The van der Waals surface area contributed by atoms with E-state index in [4.69, 9.17) is 10.2 Å². The molecule has 0 saturated heterocycles. The van der Waals surface area contributed by atoms with Gasteiger partial charge in [0.05, 0.1) is 0 Å². The van der Waals surface area contributed by atoms with Crippen LogP contribution in [0.2, 0.25) is 0 Å². The van der Waals surface area contributed by atoms with Crippen molar-refractivity contribution in [2.45, 2.75) is 36.3 Å². The lowest BCUT2D eigenvalue weighted by atomic mass is 10.2. The predicted molar refractivity (Wildman–Crippen MR) is 72.5 cm³/mol. The maximum absolute atomic E-state index is 9.97. The summed E-state index contributed by atoms with van der Waals surface area (Å²) in [7, 11) is 0. The number of carbonyl (C=O) groups is 2. The lowest BCUT2D eigenvalue weighted by molar-refractivity contribution is -0.139. The summed E-state index contributed by atoms with van der Waals surface area (Å²) < 4.78 is -1.54. The summed E-state index contributed by atoms with van der Waals surface area (Å²) >= 11 is 5.89. The van der Waals surface area contributed by atoms with Crippen LogP contribution in [0.15, 0.2) is 13.2 Å². The highest BCUT2D eigenvalue weighted by Gasteiger charge is 2.22. The third-order valence-corrected chi connectivity index (χ3v) is 1.70. The predicted octanol–water partition coefficient (Wildman–Crippen LogP) is 3.29. The molecule has 0 rings (SSSR count). The average molecular weight is 362 g/mol. The van der Waals surface area contributed by atoms with E-state index in [1.165, 1.54) is 0 Å². The molecule has 0 spiro atoms. The highest BCUT2D eigenvalue weighted by atomic mass is 79.9. The Kier molecular flexibility index (Phi) is 11.5. The molecular weight excluding hydrogens is 344 g/mol. The van der Waals surface area contributed by atoms with Crippen LogP contribution < -0.4 is 0 Å². The van der Waals surface area contributed by atoms with E-state index in [9.17, 15) is 9.59 Å². The Morgan fingerprint density at radius 1 is 0.875 bits per heavy atom. The minimum absolute atomic E-state index is 0.771. The molecule has 0 unspecified atom stereocenters. The Balaban J connectivity index is -0.000000183. The summed E-state index contributed by atoms with van der Waals surface area (Å²) in [5, 5.41) is 16.4. The normalized spacial score (nSPS) is 10.1. The van der Waals surface area contributed by atoms with Crippen LogP contribution in [0, 0.1) is 0 Å². The van der Waals surface area contributed by atoms with E-state index >= 15 is 0 Å². The number of halogens is 2. The Morgan fingerprint density at radius 2 is 0.938 bits per heavy atom. The summed E-state index contributed by atoms with van der Waals surface area (Å²) in [6.45, 7) is 12.3. The molecule has 4 nitrogen and oxygen atoms in total. The molecule has 0 saturated carbocycles. The Morgan fingerprint density at radius 3 is 0.938 bits per heavy atom. The number of hydrogen-bond donors (Lipinski definition) is 2. The van der Waals surface area contributed by atoms with Gasteiger partial charge in [0.1, 0.15) is 8.65 Å². The van der Waals surface area contributed by atoms with Gasteiger partial charge in [0.15, 0.2) is 0 Å². The van der Waals surface area contributed by atoms with Gasteiger partial charge in [-0.15, -0.1) is 13.2 Å². The number of aliphatic carboxylic acids is 2. The molecule has 0 fully saturated rings. The van der Waals surface area contributed by atoms with Crippen LogP contribution >= 0.6 is 31.9 Å². The van der Waals surface area contributed by atoms with E-state index in [1.807, 2.05) is 0 Å². The number of carboxylic acid groups (broad SMARTS) is 2. The first-order valence-electron chi connectivity index (χ1n) is 4.23. The van der Waals surface area contributed by atoms with E-state index in [1.54, 1.807) is 27.7 Å². The van der Waals surface area contributed by atoms with Crippen molar-refractivity contribution in [3.63, 3.8) is 0 Å². The van der Waals surface area contributed by atoms with E-state index < -0.39 is 20.6 Å². The number of carboxylic acids is 2. The first-order valence-corrected chi connectivity index (χ1v) is 5.82. The van der Waals surface area contributed by atoms with E-state index in [2.05, 4.69) is 45.0 Å². The summed E-state index contributed by atoms with van der Waals surface area (Å²) in [6.07, 6.45) is 0. The first-order chi connectivity index (χ1) is 6.89. The molecule has 0 radical (unpaired) electrons. The van der Waals surface area contributed by atoms with Gasteiger partial charge in [-0.05, 0) is 27.7 Å². The van der Waals surface area contributed by atoms with Gasteiger partial charge in [-0.1, -0.05) is 31.9 Å². The standard InChI is InChI=1S/2C4H7BrO2.C2H4/c2*1-4(2,5)3(6)7;1-2/h2*1-2H3,(H,6,7);1-2H2. The third-order valence-electron chi connectivity index (χ3n) is 1.02. The SMILES string of the molecule is C=C.CC(C)(Br)C(=O)O.CC(C)(Br)C(=O)O. The summed E-state index contributed by atoms with van der Waals surface area (Å²) in [6, 6.07) is 0. The second-order valence-electron chi connectivity index (χ2n) is 3.56. The molecule has 0 aliphatic heterocycles. The largest absolute Gasteiger partial charge is 0.480 e. The van der Waals surface area contributed by atoms with Crippen LogP contribution in [-0.2, 0) is 9.59 Å². The van der Waals surface area contributed by atoms with Gasteiger partial charge in [-0.25, -0.2) is 0 Å². The van der Waals surface area contributed by atoms with Crippen molar-refractivity contribution in [1.29, 1.82) is 0 Å². The first kappa shape index (κ1) is 21.0. The van der Waals surface area contributed by atoms with Gasteiger partial charge in [0.2, 0.25) is 0 Å². The minimum Gasteiger partial charge on any atom is -0.480 e. The van der Waals surface area contributed by atoms with Gasteiger partial charge in [0.25, 0.3) is 0 Å². The maximum atomic E-state index is 9.97. The van der Waals surface area contributed by atoms with Gasteiger partial charge in [-0.2, -0.15) is 0 Å². The molecule has 0 bridgehead atoms. The molecule has 0 atom stereocenters. The number of hydrogen-bond acceptors (Lipinski definition) is 2. The summed E-state index contributed by atoms with van der Waals surface area (Å²) in [5.41, 5.74) is 0. The van der Waals surface area contributed by atoms with Crippen LogP contribution in [-0.4, -0.2) is 30.8 Å². The zero-order valence-corrected chi connectivity index (χ0v) is 13.1. The molecule has 96 valence electrons. The van der Waals surface area contributed by atoms with Gasteiger partial charge in [-0.3, -0.25) is 9.59 Å². The van der Waals surface area contributed by atoms with Crippen molar-refractivity contribution in [3.05, 3.63) is 13.2 Å². The third kappa shape index (κ3) is 16.1. The van der Waals surface area contributed by atoms with E-state index in [0.717, 1.165) is 0 Å². The summed E-state index contributed by atoms with van der Waals surface area (Å²) in [4.78, 5) is 19.9. The number of rotatable bonds is 2. The number of alkyl halides is 2. The van der Waals surface area contributed by atoms with Crippen molar-refractivity contribution >= 4 is 43.8 Å². The zero-order valence-electron chi connectivity index (χ0n) is 9.88. The van der Waals surface area contributed by atoms with Crippen LogP contribution in [0.1, 0.15) is 27.7 Å². The van der Waals surface area contributed by atoms with Crippen molar-refractivity contribution in [1.82, 2.24) is 0 Å². The molecule has 2 N–H and O–H groups in total. The average Bonchev–Trinajstić information content (AvgIpc) is 2.05. The van der Waals surface area contributed by atoms with Gasteiger partial charge >= 0.3 is 11.9 Å². The van der Waals surface area contributed by atoms with Crippen molar-refractivity contribution in [3.8, 4) is 0 Å². The van der Waals surface area contributed by atoms with Crippen LogP contribution in [0.4, 0.5) is 0 Å². The molecule has 0 aromatic heterocycles. The fraction of sp³-hybridized carbons (Fsp3) is 0.600. The smallest absolute Gasteiger partial charge is 0.319 e.